The van der Waals surface area contributed by atoms with Gasteiger partial charge in [-0.1, -0.05) is 25.6 Å². The van der Waals surface area contributed by atoms with Gasteiger partial charge in [-0.2, -0.15) is 12.6 Å². The van der Waals surface area contributed by atoms with Gasteiger partial charge in [0.05, 0.1) is 11.9 Å². The number of thiol groups is 1. The minimum absolute atomic E-state index is 0.0717. The normalized spacial score (nSPS) is 16.4. The van der Waals surface area contributed by atoms with E-state index < -0.39 is 0 Å². The summed E-state index contributed by atoms with van der Waals surface area (Å²) in [6, 6.07) is 6.38. The van der Waals surface area contributed by atoms with E-state index in [0.29, 0.717) is 6.54 Å². The molecule has 2 rings (SSSR count). The number of benzene rings is 1. The van der Waals surface area contributed by atoms with Gasteiger partial charge in [-0.05, 0) is 30.7 Å². The second-order valence-electron chi connectivity index (χ2n) is 4.35. The van der Waals surface area contributed by atoms with Crippen molar-refractivity contribution in [3.05, 3.63) is 47.2 Å². The van der Waals surface area contributed by atoms with Crippen LogP contribution in [0.1, 0.15) is 29.0 Å². The first-order valence-corrected chi connectivity index (χ1v) is 6.65. The number of nitrogens with one attached hydrogen (secondary N) is 2. The van der Waals surface area contributed by atoms with Crippen molar-refractivity contribution in [2.45, 2.75) is 18.7 Å². The van der Waals surface area contributed by atoms with Gasteiger partial charge in [0.25, 0.3) is 0 Å². The molecule has 0 saturated heterocycles. The van der Waals surface area contributed by atoms with Crippen molar-refractivity contribution in [1.82, 2.24) is 10.6 Å². The van der Waals surface area contributed by atoms with Gasteiger partial charge in [-0.25, -0.2) is 0 Å². The highest BCUT2D eigenvalue weighted by Crippen LogP contribution is 2.23. The number of nitrogens with zero attached hydrogens (tertiary/aromatic N) is 1. The van der Waals surface area contributed by atoms with Crippen LogP contribution in [0.2, 0.25) is 0 Å². The highest BCUT2D eigenvalue weighted by atomic mass is 32.1. The molecule has 2 N–H and O–H groups in total. The second kappa shape index (κ2) is 5.59. The highest BCUT2D eigenvalue weighted by Gasteiger charge is 2.14. The lowest BCUT2D eigenvalue weighted by atomic mass is 10.0. The third kappa shape index (κ3) is 2.60. The summed E-state index contributed by atoms with van der Waals surface area (Å²) < 4.78 is 0. The van der Waals surface area contributed by atoms with Crippen LogP contribution in [0.4, 0.5) is 0 Å². The zero-order valence-corrected chi connectivity index (χ0v) is 11.7. The third-order valence-electron chi connectivity index (χ3n) is 3.09. The fourth-order valence-corrected chi connectivity index (χ4v) is 2.32. The van der Waals surface area contributed by atoms with E-state index in [0.717, 1.165) is 23.5 Å². The Morgan fingerprint density at radius 2 is 2.33 bits per heavy atom. The first-order chi connectivity index (χ1) is 8.65. The maximum atomic E-state index is 4.53. The van der Waals surface area contributed by atoms with Crippen LogP contribution >= 0.6 is 12.6 Å². The minimum atomic E-state index is 0.0717. The lowest BCUT2D eigenvalue weighted by Gasteiger charge is -2.16. The number of amidine groups is 1. The van der Waals surface area contributed by atoms with Crippen molar-refractivity contribution in [1.29, 1.82) is 0 Å². The van der Waals surface area contributed by atoms with Crippen molar-refractivity contribution >= 4 is 18.5 Å². The van der Waals surface area contributed by atoms with E-state index in [2.05, 4.69) is 60.0 Å². The smallest absolute Gasteiger partial charge is 0.132 e. The molecule has 1 atom stereocenters. The molecule has 1 unspecified atom stereocenters. The molecule has 1 aliphatic heterocycles. The first kappa shape index (κ1) is 13.2. The second-order valence-corrected chi connectivity index (χ2v) is 4.87. The van der Waals surface area contributed by atoms with Crippen LogP contribution in [-0.2, 0) is 6.42 Å². The van der Waals surface area contributed by atoms with Gasteiger partial charge in [0.1, 0.15) is 5.84 Å². The highest BCUT2D eigenvalue weighted by molar-refractivity contribution is 7.80. The lowest BCUT2D eigenvalue weighted by Crippen LogP contribution is -2.18. The number of aryl methyl sites for hydroxylation is 1. The van der Waals surface area contributed by atoms with Crippen LogP contribution in [0.15, 0.2) is 35.5 Å². The predicted molar refractivity (Wildman–Crippen MR) is 80.3 cm³/mol. The summed E-state index contributed by atoms with van der Waals surface area (Å²) in [4.78, 5) is 4.43. The van der Waals surface area contributed by atoms with E-state index in [9.17, 15) is 0 Å². The van der Waals surface area contributed by atoms with Crippen molar-refractivity contribution < 1.29 is 0 Å². The topological polar surface area (TPSA) is 36.4 Å². The molecule has 0 saturated carbocycles. The molecule has 0 fully saturated rings. The van der Waals surface area contributed by atoms with Gasteiger partial charge in [0.2, 0.25) is 0 Å². The average Bonchev–Trinajstić information content (AvgIpc) is 2.83. The summed E-state index contributed by atoms with van der Waals surface area (Å²) in [6.07, 6.45) is 0.982. The van der Waals surface area contributed by atoms with E-state index in [4.69, 9.17) is 0 Å². The summed E-state index contributed by atoms with van der Waals surface area (Å²) >= 11 is 4.53. The summed E-state index contributed by atoms with van der Waals surface area (Å²) in [5.74, 6) is 0.918. The van der Waals surface area contributed by atoms with E-state index in [1.807, 2.05) is 7.05 Å². The molecule has 0 amide bonds. The van der Waals surface area contributed by atoms with Gasteiger partial charge in [0, 0.05) is 11.3 Å². The predicted octanol–water partition coefficient (Wildman–Crippen LogP) is 2.26. The van der Waals surface area contributed by atoms with Crippen LogP contribution in [-0.4, -0.2) is 19.4 Å². The van der Waals surface area contributed by atoms with E-state index >= 15 is 0 Å². The standard InChI is InChI=1S/C14H19N3S/c1-4-10-7-11(13-16-8-9(2)17-13)5-6-12(10)14(18)15-3/h5-7,14-15,18H,2,4,8H2,1,3H3,(H,16,17). The van der Waals surface area contributed by atoms with Crippen LogP contribution in [0, 0.1) is 0 Å². The molecule has 0 bridgehead atoms. The van der Waals surface area contributed by atoms with Crippen molar-refractivity contribution in [2.75, 3.05) is 13.6 Å². The minimum Gasteiger partial charge on any atom is -0.342 e. The van der Waals surface area contributed by atoms with Crippen molar-refractivity contribution in [3.63, 3.8) is 0 Å². The van der Waals surface area contributed by atoms with Gasteiger partial charge in [-0.3, -0.25) is 4.99 Å². The van der Waals surface area contributed by atoms with E-state index in [1.165, 1.54) is 11.1 Å². The third-order valence-corrected chi connectivity index (χ3v) is 3.62. The molecular weight excluding hydrogens is 242 g/mol. The Hall–Kier alpha value is -1.26. The lowest BCUT2D eigenvalue weighted by molar-refractivity contribution is 0.789. The summed E-state index contributed by atoms with van der Waals surface area (Å²) in [5, 5.41) is 6.43. The zero-order chi connectivity index (χ0) is 13.1. The number of hydrogen-bond acceptors (Lipinski definition) is 4. The first-order valence-electron chi connectivity index (χ1n) is 6.13. The Morgan fingerprint density at radius 1 is 1.56 bits per heavy atom. The zero-order valence-electron chi connectivity index (χ0n) is 10.8. The molecule has 1 aromatic carbocycles. The van der Waals surface area contributed by atoms with Crippen LogP contribution in [0.5, 0.6) is 0 Å². The van der Waals surface area contributed by atoms with Gasteiger partial charge >= 0.3 is 0 Å². The van der Waals surface area contributed by atoms with Gasteiger partial charge < -0.3 is 10.6 Å². The molecule has 0 aliphatic carbocycles. The molecular formula is C14H19N3S. The number of rotatable bonds is 4. The maximum absolute atomic E-state index is 4.53. The van der Waals surface area contributed by atoms with E-state index in [1.54, 1.807) is 0 Å². The molecule has 0 radical (unpaired) electrons. The quantitative estimate of drug-likeness (QED) is 0.574. The Labute approximate surface area is 114 Å². The molecule has 1 aliphatic rings. The average molecular weight is 261 g/mol. The van der Waals surface area contributed by atoms with Gasteiger partial charge in [0.15, 0.2) is 0 Å². The monoisotopic (exact) mass is 261 g/mol. The summed E-state index contributed by atoms with van der Waals surface area (Å²) in [7, 11) is 1.91. The summed E-state index contributed by atoms with van der Waals surface area (Å²) in [5.41, 5.74) is 4.59. The van der Waals surface area contributed by atoms with Crippen molar-refractivity contribution in [2.24, 2.45) is 4.99 Å². The molecule has 3 nitrogen and oxygen atoms in total. The number of hydrogen-bond donors (Lipinski definition) is 3. The Balaban J connectivity index is 2.33. The number of aliphatic imine (C=N–C) groups is 1. The summed E-state index contributed by atoms with van der Waals surface area (Å²) in [6.45, 7) is 6.71. The molecule has 1 heterocycles. The molecule has 18 heavy (non-hydrogen) atoms. The molecule has 1 aromatic rings. The Bertz CT molecular complexity index is 494. The Kier molecular flexibility index (Phi) is 4.09. The largest absolute Gasteiger partial charge is 0.342 e. The maximum Gasteiger partial charge on any atom is 0.132 e. The molecule has 4 heteroatoms. The van der Waals surface area contributed by atoms with Crippen molar-refractivity contribution in [3.8, 4) is 0 Å². The fourth-order valence-electron chi connectivity index (χ4n) is 2.07. The molecule has 96 valence electrons. The Morgan fingerprint density at radius 3 is 2.89 bits per heavy atom. The fraction of sp³-hybridized carbons (Fsp3) is 0.357. The SMILES string of the molecule is C=C1CN=C(c2ccc(C(S)NC)c(CC)c2)N1. The molecule has 0 aromatic heterocycles. The van der Waals surface area contributed by atoms with Crippen LogP contribution < -0.4 is 10.6 Å². The molecule has 0 spiro atoms. The van der Waals surface area contributed by atoms with Crippen LogP contribution in [0.25, 0.3) is 0 Å². The van der Waals surface area contributed by atoms with Gasteiger partial charge in [-0.15, -0.1) is 0 Å². The van der Waals surface area contributed by atoms with E-state index in [-0.39, 0.29) is 5.37 Å². The van der Waals surface area contributed by atoms with Crippen LogP contribution in [0.3, 0.4) is 0 Å².